The third-order valence-corrected chi connectivity index (χ3v) is 13.8. The number of halogens is 1. The van der Waals surface area contributed by atoms with E-state index in [4.69, 9.17) is 16.3 Å². The van der Waals surface area contributed by atoms with Crippen molar-refractivity contribution in [2.45, 2.75) is 110 Å². The Morgan fingerprint density at radius 2 is 1.45 bits per heavy atom. The van der Waals surface area contributed by atoms with E-state index in [2.05, 4.69) is 61.9 Å². The van der Waals surface area contributed by atoms with E-state index < -0.39 is 29.7 Å². The minimum Gasteiger partial charge on any atom is -0.489 e. The molecule has 3 aromatic carbocycles. The summed E-state index contributed by atoms with van der Waals surface area (Å²) in [5.41, 5.74) is 5.05. The molecule has 12 heteroatoms. The summed E-state index contributed by atoms with van der Waals surface area (Å²) in [6.45, 7) is 10.5. The third kappa shape index (κ3) is 6.10. The fourth-order valence-corrected chi connectivity index (χ4v) is 11.3. The van der Waals surface area contributed by atoms with E-state index in [0.717, 1.165) is 58.4 Å². The van der Waals surface area contributed by atoms with Crippen LogP contribution in [0.1, 0.15) is 125 Å². The van der Waals surface area contributed by atoms with Crippen molar-refractivity contribution < 1.29 is 28.7 Å². The van der Waals surface area contributed by atoms with E-state index in [-0.39, 0.29) is 47.6 Å². The highest BCUT2D eigenvalue weighted by Gasteiger charge is 2.67. The Kier molecular flexibility index (Phi) is 9.07. The van der Waals surface area contributed by atoms with Crippen molar-refractivity contribution in [3.8, 4) is 23.7 Å². The van der Waals surface area contributed by atoms with Gasteiger partial charge in [0.15, 0.2) is 0 Å². The van der Waals surface area contributed by atoms with Crippen molar-refractivity contribution in [1.82, 2.24) is 20.0 Å². The number of nitrogens with zero attached hydrogens (tertiary/aromatic N) is 4. The van der Waals surface area contributed by atoms with Crippen LogP contribution in [0.5, 0.6) is 5.75 Å². The SMILES string of the molecule is CC1(C)[C@H](Oc2ccc(C#N)c(Cl)c2)C(C)(C)[C@H]1N1Cc2cc(C#CC3CCC(N4Cc5cc6c(cc5C4)C(=O)N(C4CCC(=O)NC4=O)C6=O)CC3)ccc2C1=O. The van der Waals surface area contributed by atoms with Crippen molar-refractivity contribution >= 4 is 41.1 Å². The highest BCUT2D eigenvalue weighted by atomic mass is 35.5. The maximum atomic E-state index is 13.8. The second kappa shape index (κ2) is 13.8. The molecule has 5 amide bonds. The first-order valence-electron chi connectivity index (χ1n) is 20.1. The Labute approximate surface area is 342 Å². The van der Waals surface area contributed by atoms with Gasteiger partial charge in [0.05, 0.1) is 21.7 Å². The number of amides is 5. The van der Waals surface area contributed by atoms with Gasteiger partial charge in [-0.3, -0.25) is 39.1 Å². The van der Waals surface area contributed by atoms with Crippen LogP contribution in [0.3, 0.4) is 0 Å². The van der Waals surface area contributed by atoms with Gasteiger partial charge in [-0.1, -0.05) is 51.1 Å². The fraction of sp³-hybridized carbons (Fsp3) is 0.435. The lowest BCUT2D eigenvalue weighted by molar-refractivity contribution is -0.199. The molecule has 0 bridgehead atoms. The zero-order valence-electron chi connectivity index (χ0n) is 33.0. The standard InChI is InChI=1S/C46H44ClN5O6/c1-45(2)43(46(3,4)44(45)58-32-13-10-27(21-48)36(47)20-32)51-24-30-17-26(9-14-33(30)40(51)55)6-5-25-7-11-31(12-8-25)50-22-28-18-34-35(19-29(28)23-50)42(57)52(41(34)56)37-15-16-38(53)49-39(37)54/h9-10,13-14,17-20,25,31,37,43-44H,7-8,11-12,15-16,22-24H2,1-4H3,(H,49,53,54)/t25?,31?,37?,43-,44-. The molecule has 9 rings (SSSR count). The molecule has 0 aromatic heterocycles. The summed E-state index contributed by atoms with van der Waals surface area (Å²) in [5.74, 6) is 5.91. The van der Waals surface area contributed by atoms with Gasteiger partial charge in [0, 0.05) is 72.1 Å². The van der Waals surface area contributed by atoms with Gasteiger partial charge in [0.1, 0.15) is 24.0 Å². The van der Waals surface area contributed by atoms with E-state index in [1.54, 1.807) is 18.2 Å². The molecular weight excluding hydrogens is 754 g/mol. The minimum absolute atomic E-state index is 0.0277. The number of fused-ring (bicyclic) bond motifs is 3. The van der Waals surface area contributed by atoms with Crippen molar-refractivity contribution in [3.05, 3.63) is 98.1 Å². The molecule has 2 aliphatic carbocycles. The summed E-state index contributed by atoms with van der Waals surface area (Å²) in [6.07, 6.45) is 3.99. The number of nitrogens with one attached hydrogen (secondary N) is 1. The van der Waals surface area contributed by atoms with Crippen LogP contribution in [0.25, 0.3) is 0 Å². The second-order valence-corrected chi connectivity index (χ2v) is 18.3. The number of piperidine rings is 1. The zero-order valence-corrected chi connectivity index (χ0v) is 33.7. The summed E-state index contributed by atoms with van der Waals surface area (Å²) in [4.78, 5) is 70.1. The first kappa shape index (κ1) is 38.1. The number of ether oxygens (including phenoxy) is 1. The van der Waals surface area contributed by atoms with Gasteiger partial charge in [-0.15, -0.1) is 0 Å². The average Bonchev–Trinajstić information content (AvgIpc) is 3.82. The summed E-state index contributed by atoms with van der Waals surface area (Å²) in [7, 11) is 0. The lowest BCUT2D eigenvalue weighted by Gasteiger charge is -2.65. The highest BCUT2D eigenvalue weighted by Crippen LogP contribution is 2.59. The van der Waals surface area contributed by atoms with Crippen LogP contribution < -0.4 is 10.1 Å². The molecule has 4 aliphatic heterocycles. The lowest BCUT2D eigenvalue weighted by Crippen LogP contribution is -2.74. The van der Waals surface area contributed by atoms with Gasteiger partial charge >= 0.3 is 0 Å². The number of benzene rings is 3. The molecule has 1 saturated heterocycles. The smallest absolute Gasteiger partial charge is 0.262 e. The summed E-state index contributed by atoms with van der Waals surface area (Å²) < 4.78 is 6.48. The maximum absolute atomic E-state index is 13.8. The Hall–Kier alpha value is -5.49. The topological polar surface area (TPSA) is 140 Å². The first-order chi connectivity index (χ1) is 27.6. The predicted octanol–water partition coefficient (Wildman–Crippen LogP) is 6.38. The molecule has 0 spiro atoms. The van der Waals surface area contributed by atoms with Crippen LogP contribution >= 0.6 is 11.6 Å². The Balaban J connectivity index is 0.805. The molecule has 0 radical (unpaired) electrons. The lowest BCUT2D eigenvalue weighted by atomic mass is 9.49. The van der Waals surface area contributed by atoms with Crippen LogP contribution in [0.2, 0.25) is 5.02 Å². The molecule has 2 saturated carbocycles. The van der Waals surface area contributed by atoms with E-state index in [9.17, 15) is 29.2 Å². The van der Waals surface area contributed by atoms with Gasteiger partial charge in [0.25, 0.3) is 17.7 Å². The Morgan fingerprint density at radius 3 is 2.07 bits per heavy atom. The zero-order chi connectivity index (χ0) is 40.8. The van der Waals surface area contributed by atoms with Crippen molar-refractivity contribution in [2.24, 2.45) is 16.7 Å². The first-order valence-corrected chi connectivity index (χ1v) is 20.5. The van der Waals surface area contributed by atoms with Crippen LogP contribution in [0.15, 0.2) is 48.5 Å². The van der Waals surface area contributed by atoms with E-state index in [1.807, 2.05) is 29.2 Å². The monoisotopic (exact) mass is 797 g/mol. The number of hydrogen-bond acceptors (Lipinski definition) is 8. The quantitative estimate of drug-likeness (QED) is 0.232. The highest BCUT2D eigenvalue weighted by molar-refractivity contribution is 6.31. The van der Waals surface area contributed by atoms with Gasteiger partial charge in [-0.25, -0.2) is 0 Å². The minimum atomic E-state index is -0.969. The summed E-state index contributed by atoms with van der Waals surface area (Å²) in [5, 5.41) is 11.9. The van der Waals surface area contributed by atoms with E-state index in [1.165, 1.54) is 0 Å². The molecule has 58 heavy (non-hydrogen) atoms. The number of imide groups is 2. The predicted molar refractivity (Wildman–Crippen MR) is 213 cm³/mol. The van der Waals surface area contributed by atoms with Gasteiger partial charge in [-0.05, 0) is 91.3 Å². The molecule has 3 aromatic rings. The van der Waals surface area contributed by atoms with E-state index >= 15 is 0 Å². The molecule has 1 N–H and O–H groups in total. The van der Waals surface area contributed by atoms with E-state index in [0.29, 0.717) is 53.1 Å². The third-order valence-electron chi connectivity index (χ3n) is 13.5. The maximum Gasteiger partial charge on any atom is 0.262 e. The number of hydrogen-bond donors (Lipinski definition) is 1. The number of rotatable bonds is 5. The Bertz CT molecular complexity index is 2390. The molecule has 1 unspecified atom stereocenters. The molecule has 4 heterocycles. The number of carbonyl (C=O) groups excluding carboxylic acids is 5. The average molecular weight is 798 g/mol. The van der Waals surface area contributed by atoms with Crippen molar-refractivity contribution in [1.29, 1.82) is 5.26 Å². The largest absolute Gasteiger partial charge is 0.489 e. The van der Waals surface area contributed by atoms with Gasteiger partial charge in [-0.2, -0.15) is 5.26 Å². The van der Waals surface area contributed by atoms with Crippen molar-refractivity contribution in [3.63, 3.8) is 0 Å². The molecule has 296 valence electrons. The molecule has 6 aliphatic rings. The Morgan fingerprint density at radius 1 is 0.776 bits per heavy atom. The summed E-state index contributed by atoms with van der Waals surface area (Å²) >= 11 is 6.29. The van der Waals surface area contributed by atoms with Crippen LogP contribution in [0, 0.1) is 39.9 Å². The molecule has 1 atom stereocenters. The number of carbonyl (C=O) groups is 5. The molecular formula is C46H44ClN5O6. The van der Waals surface area contributed by atoms with Crippen molar-refractivity contribution in [2.75, 3.05) is 0 Å². The van der Waals surface area contributed by atoms with Crippen LogP contribution in [-0.4, -0.2) is 68.5 Å². The number of nitriles is 1. The van der Waals surface area contributed by atoms with Crippen LogP contribution in [0.4, 0.5) is 0 Å². The van der Waals surface area contributed by atoms with Crippen LogP contribution in [-0.2, 0) is 29.2 Å². The second-order valence-electron chi connectivity index (χ2n) is 17.9. The van der Waals surface area contributed by atoms with Gasteiger partial charge in [0.2, 0.25) is 11.8 Å². The van der Waals surface area contributed by atoms with Gasteiger partial charge < -0.3 is 9.64 Å². The molecule has 3 fully saturated rings. The summed E-state index contributed by atoms with van der Waals surface area (Å²) in [6, 6.07) is 16.1. The normalized spacial score (nSPS) is 26.9. The molecule has 11 nitrogen and oxygen atoms in total. The fourth-order valence-electron chi connectivity index (χ4n) is 11.1.